The van der Waals surface area contributed by atoms with Crippen molar-refractivity contribution in [1.82, 2.24) is 4.98 Å². The smallest absolute Gasteiger partial charge is 0.226 e. The molecule has 0 radical (unpaired) electrons. The SMILES string of the molecule is C=CC[C@@H]1CCCC(OCc2nc(-c3cccc(OC)c3)oc2C)C1. The van der Waals surface area contributed by atoms with Crippen LogP contribution in [0.2, 0.25) is 0 Å². The fraction of sp³-hybridized carbons (Fsp3) is 0.476. The molecule has 0 bridgehead atoms. The molecule has 1 saturated carbocycles. The minimum atomic E-state index is 0.315. The van der Waals surface area contributed by atoms with Crippen molar-refractivity contribution in [2.24, 2.45) is 5.92 Å². The third-order valence-electron chi connectivity index (χ3n) is 4.90. The average Bonchev–Trinajstić information content (AvgIpc) is 3.01. The Balaban J connectivity index is 1.63. The number of methoxy groups -OCH3 is 1. The number of rotatable bonds is 7. The highest BCUT2D eigenvalue weighted by molar-refractivity contribution is 5.56. The van der Waals surface area contributed by atoms with Crippen molar-refractivity contribution in [3.8, 4) is 17.2 Å². The van der Waals surface area contributed by atoms with Gasteiger partial charge in [0.05, 0.1) is 19.8 Å². The number of allylic oxidation sites excluding steroid dienone is 1. The first-order valence-corrected chi connectivity index (χ1v) is 9.02. The lowest BCUT2D eigenvalue weighted by Gasteiger charge is -2.28. The predicted octanol–water partition coefficient (Wildman–Crippen LogP) is 5.31. The third-order valence-corrected chi connectivity index (χ3v) is 4.90. The van der Waals surface area contributed by atoms with E-state index in [4.69, 9.17) is 13.9 Å². The summed E-state index contributed by atoms with van der Waals surface area (Å²) in [6.45, 7) is 6.30. The fourth-order valence-corrected chi connectivity index (χ4v) is 3.48. The molecule has 3 rings (SSSR count). The lowest BCUT2D eigenvalue weighted by atomic mass is 9.85. The van der Waals surface area contributed by atoms with Gasteiger partial charge in [0.1, 0.15) is 17.2 Å². The van der Waals surface area contributed by atoms with E-state index >= 15 is 0 Å². The number of aryl methyl sites for hydroxylation is 1. The number of benzene rings is 1. The highest BCUT2D eigenvalue weighted by atomic mass is 16.5. The first-order chi connectivity index (χ1) is 12.2. The van der Waals surface area contributed by atoms with E-state index in [0.717, 1.165) is 42.0 Å². The quantitative estimate of drug-likeness (QED) is 0.640. The number of nitrogens with zero attached hydrogens (tertiary/aromatic N) is 1. The zero-order valence-corrected chi connectivity index (χ0v) is 15.2. The second-order valence-corrected chi connectivity index (χ2v) is 6.74. The Morgan fingerprint density at radius 3 is 3.04 bits per heavy atom. The molecule has 4 nitrogen and oxygen atoms in total. The number of hydrogen-bond acceptors (Lipinski definition) is 4. The molecule has 134 valence electrons. The van der Waals surface area contributed by atoms with E-state index in [1.165, 1.54) is 12.8 Å². The summed E-state index contributed by atoms with van der Waals surface area (Å²) in [6.07, 6.45) is 8.19. The molecule has 0 N–H and O–H groups in total. The van der Waals surface area contributed by atoms with E-state index in [-0.39, 0.29) is 0 Å². The molecule has 1 unspecified atom stereocenters. The maximum atomic E-state index is 6.14. The number of ether oxygens (including phenoxy) is 2. The lowest BCUT2D eigenvalue weighted by Crippen LogP contribution is -2.22. The summed E-state index contributed by atoms with van der Waals surface area (Å²) in [6, 6.07) is 7.74. The maximum Gasteiger partial charge on any atom is 0.226 e. The summed E-state index contributed by atoms with van der Waals surface area (Å²) in [7, 11) is 1.66. The molecule has 1 aliphatic carbocycles. The molecule has 0 saturated heterocycles. The molecule has 2 aromatic rings. The van der Waals surface area contributed by atoms with Crippen LogP contribution in [0.15, 0.2) is 41.3 Å². The van der Waals surface area contributed by atoms with Gasteiger partial charge in [-0.3, -0.25) is 0 Å². The van der Waals surface area contributed by atoms with Crippen LogP contribution in [-0.4, -0.2) is 18.2 Å². The normalized spacial score (nSPS) is 20.4. The highest BCUT2D eigenvalue weighted by Gasteiger charge is 2.22. The standard InChI is InChI=1S/C21H27NO3/c1-4-7-16-8-5-11-19(12-16)24-14-20-15(2)25-21(22-20)17-9-6-10-18(13-17)23-3/h4,6,9-10,13,16,19H,1,5,7-8,11-12,14H2,2-3H3/t16-,19?/m1/s1. The Labute approximate surface area is 149 Å². The minimum absolute atomic E-state index is 0.315. The summed E-state index contributed by atoms with van der Waals surface area (Å²) in [5, 5.41) is 0. The maximum absolute atomic E-state index is 6.14. The van der Waals surface area contributed by atoms with Gasteiger partial charge in [0.25, 0.3) is 0 Å². The summed E-state index contributed by atoms with van der Waals surface area (Å²) < 4.78 is 17.2. The van der Waals surface area contributed by atoms with Crippen molar-refractivity contribution >= 4 is 0 Å². The van der Waals surface area contributed by atoms with Crippen LogP contribution in [-0.2, 0) is 11.3 Å². The Morgan fingerprint density at radius 1 is 1.36 bits per heavy atom. The fourth-order valence-electron chi connectivity index (χ4n) is 3.48. The zero-order chi connectivity index (χ0) is 17.6. The molecule has 1 fully saturated rings. The molecule has 25 heavy (non-hydrogen) atoms. The van der Waals surface area contributed by atoms with Crippen LogP contribution in [0.3, 0.4) is 0 Å². The van der Waals surface area contributed by atoms with Gasteiger partial charge in [-0.25, -0.2) is 4.98 Å². The number of hydrogen-bond donors (Lipinski definition) is 0. The minimum Gasteiger partial charge on any atom is -0.497 e. The van der Waals surface area contributed by atoms with Crippen LogP contribution >= 0.6 is 0 Å². The molecule has 0 aliphatic heterocycles. The first-order valence-electron chi connectivity index (χ1n) is 9.02. The third kappa shape index (κ3) is 4.51. The van der Waals surface area contributed by atoms with E-state index in [9.17, 15) is 0 Å². The Hall–Kier alpha value is -2.07. The predicted molar refractivity (Wildman–Crippen MR) is 98.6 cm³/mol. The van der Waals surface area contributed by atoms with Crippen molar-refractivity contribution in [2.75, 3.05) is 7.11 Å². The van der Waals surface area contributed by atoms with Gasteiger partial charge in [-0.2, -0.15) is 0 Å². The van der Waals surface area contributed by atoms with E-state index in [0.29, 0.717) is 24.5 Å². The number of oxazole rings is 1. The summed E-state index contributed by atoms with van der Waals surface area (Å²) in [5.74, 6) is 2.93. The first kappa shape index (κ1) is 17.7. The van der Waals surface area contributed by atoms with Gasteiger partial charge < -0.3 is 13.9 Å². The molecule has 1 aromatic heterocycles. The van der Waals surface area contributed by atoms with Crippen LogP contribution < -0.4 is 4.74 Å². The second kappa shape index (κ2) is 8.34. The molecule has 4 heteroatoms. The highest BCUT2D eigenvalue weighted by Crippen LogP contribution is 2.30. The van der Waals surface area contributed by atoms with Gasteiger partial charge in [-0.1, -0.05) is 18.6 Å². The van der Waals surface area contributed by atoms with Crippen LogP contribution in [0.25, 0.3) is 11.5 Å². The summed E-state index contributed by atoms with van der Waals surface area (Å²) in [5.41, 5.74) is 1.79. The van der Waals surface area contributed by atoms with Gasteiger partial charge >= 0.3 is 0 Å². The van der Waals surface area contributed by atoms with Crippen molar-refractivity contribution in [3.63, 3.8) is 0 Å². The van der Waals surface area contributed by atoms with E-state index < -0.39 is 0 Å². The Bertz CT molecular complexity index is 707. The molecule has 1 heterocycles. The van der Waals surface area contributed by atoms with E-state index in [1.807, 2.05) is 37.3 Å². The molecule has 1 aliphatic rings. The average molecular weight is 341 g/mol. The molecular weight excluding hydrogens is 314 g/mol. The Kier molecular flexibility index (Phi) is 5.92. The van der Waals surface area contributed by atoms with E-state index in [1.54, 1.807) is 7.11 Å². The Morgan fingerprint density at radius 2 is 2.24 bits per heavy atom. The zero-order valence-electron chi connectivity index (χ0n) is 15.2. The second-order valence-electron chi connectivity index (χ2n) is 6.74. The van der Waals surface area contributed by atoms with Gasteiger partial charge in [0, 0.05) is 5.56 Å². The van der Waals surface area contributed by atoms with Gasteiger partial charge in [-0.15, -0.1) is 6.58 Å². The monoisotopic (exact) mass is 341 g/mol. The van der Waals surface area contributed by atoms with Gasteiger partial charge in [0.15, 0.2) is 0 Å². The molecule has 0 spiro atoms. The van der Waals surface area contributed by atoms with E-state index in [2.05, 4.69) is 11.6 Å². The lowest BCUT2D eigenvalue weighted by molar-refractivity contribution is 0.000944. The van der Waals surface area contributed by atoms with Crippen LogP contribution in [0.4, 0.5) is 0 Å². The van der Waals surface area contributed by atoms with Crippen LogP contribution in [0.1, 0.15) is 43.6 Å². The van der Waals surface area contributed by atoms with Crippen molar-refractivity contribution in [2.45, 2.75) is 51.7 Å². The molecule has 2 atom stereocenters. The molecule has 1 aromatic carbocycles. The summed E-state index contributed by atoms with van der Waals surface area (Å²) in [4.78, 5) is 4.63. The topological polar surface area (TPSA) is 44.5 Å². The largest absolute Gasteiger partial charge is 0.497 e. The van der Waals surface area contributed by atoms with Crippen LogP contribution in [0, 0.1) is 12.8 Å². The van der Waals surface area contributed by atoms with Gasteiger partial charge in [-0.05, 0) is 56.7 Å². The van der Waals surface area contributed by atoms with Crippen molar-refractivity contribution in [3.05, 3.63) is 48.4 Å². The molecular formula is C21H27NO3. The van der Waals surface area contributed by atoms with Crippen molar-refractivity contribution in [1.29, 1.82) is 0 Å². The number of aromatic nitrogens is 1. The van der Waals surface area contributed by atoms with Crippen molar-refractivity contribution < 1.29 is 13.9 Å². The van der Waals surface area contributed by atoms with Gasteiger partial charge in [0.2, 0.25) is 5.89 Å². The van der Waals surface area contributed by atoms with Crippen LogP contribution in [0.5, 0.6) is 5.75 Å². The molecule has 0 amide bonds. The summed E-state index contributed by atoms with van der Waals surface area (Å²) >= 11 is 0.